The van der Waals surface area contributed by atoms with Crippen molar-refractivity contribution in [2.45, 2.75) is 138 Å². The SMILES string of the molecule is CC1=C2N=C(C=C3NC(=C(C)C4=NC(C)(C5N=C1C(C)(CCC(=O)O)C5CC(=O)O)C(C)(CC(N)=O)C4CCC(=O)O)C(C)(CC(N)=O)C3CCC(=O)O)C(C)(C)C2CCC(=O)O. The molecule has 0 aromatic heterocycles. The van der Waals surface area contributed by atoms with Gasteiger partial charge < -0.3 is 42.3 Å². The molecule has 1 saturated heterocycles. The van der Waals surface area contributed by atoms with Gasteiger partial charge in [0.25, 0.3) is 0 Å². The minimum atomic E-state index is -1.52. The number of hydrogen-bond acceptors (Lipinski definition) is 11. The lowest BCUT2D eigenvalue weighted by molar-refractivity contribution is -0.140. The molecule has 9 unspecified atom stereocenters. The van der Waals surface area contributed by atoms with Gasteiger partial charge in [0.05, 0.1) is 18.0 Å². The summed E-state index contributed by atoms with van der Waals surface area (Å²) in [5, 5.41) is 54.2. The van der Waals surface area contributed by atoms with E-state index in [0.29, 0.717) is 45.4 Å². The number of allylic oxidation sites excluding steroid dienone is 6. The van der Waals surface area contributed by atoms with Gasteiger partial charge in [-0.25, -0.2) is 0 Å². The Bertz CT molecular complexity index is 2220. The van der Waals surface area contributed by atoms with Gasteiger partial charge >= 0.3 is 29.8 Å². The van der Waals surface area contributed by atoms with E-state index in [1.165, 1.54) is 0 Å². The van der Waals surface area contributed by atoms with Gasteiger partial charge in [-0.1, -0.05) is 34.6 Å². The summed E-state index contributed by atoms with van der Waals surface area (Å²) in [5.74, 6) is -10.0. The van der Waals surface area contributed by atoms with Crippen LogP contribution in [-0.2, 0) is 33.6 Å². The highest BCUT2D eigenvalue weighted by atomic mass is 16.4. The monoisotopic (exact) mass is 878 g/mol. The number of nitrogens with one attached hydrogen (secondary N) is 1. The number of hydrogen-bond donors (Lipinski definition) is 8. The van der Waals surface area contributed by atoms with E-state index in [1.54, 1.807) is 47.6 Å². The van der Waals surface area contributed by atoms with Gasteiger partial charge in [-0.15, -0.1) is 0 Å². The van der Waals surface area contributed by atoms with Crippen molar-refractivity contribution in [1.82, 2.24) is 5.32 Å². The smallest absolute Gasteiger partial charge is 0.303 e. The van der Waals surface area contributed by atoms with Crippen LogP contribution in [0.2, 0.25) is 0 Å². The fourth-order valence-electron chi connectivity index (χ4n) is 11.8. The number of fused-ring (bicyclic) bond motifs is 6. The molecule has 344 valence electrons. The van der Waals surface area contributed by atoms with E-state index >= 15 is 0 Å². The molecule has 2 amide bonds. The molecule has 5 aliphatic rings. The summed E-state index contributed by atoms with van der Waals surface area (Å²) >= 11 is 0. The Hall–Kier alpha value is -5.68. The molecule has 0 aromatic rings. The van der Waals surface area contributed by atoms with Crippen LogP contribution < -0.4 is 16.8 Å². The number of carboxylic acid groups (broad SMARTS) is 5. The second kappa shape index (κ2) is 17.1. The Labute approximate surface area is 366 Å². The number of aliphatic imine (C=N–C) groups is 3. The summed E-state index contributed by atoms with van der Waals surface area (Å²) < 4.78 is 0. The zero-order valence-corrected chi connectivity index (χ0v) is 37.3. The molecule has 0 spiro atoms. The van der Waals surface area contributed by atoms with Crippen LogP contribution in [0.3, 0.4) is 0 Å². The number of carboxylic acids is 5. The van der Waals surface area contributed by atoms with Gasteiger partial charge in [0.1, 0.15) is 0 Å². The van der Waals surface area contributed by atoms with Crippen LogP contribution in [0.5, 0.6) is 0 Å². The molecule has 8 bridgehead atoms. The largest absolute Gasteiger partial charge is 0.481 e. The molecule has 0 aliphatic carbocycles. The van der Waals surface area contributed by atoms with Crippen molar-refractivity contribution in [3.05, 3.63) is 34.3 Å². The zero-order chi connectivity index (χ0) is 47.4. The molecule has 0 aromatic carbocycles. The Balaban J connectivity index is 2.03. The number of nitrogens with zero attached hydrogens (tertiary/aromatic N) is 3. The first kappa shape index (κ1) is 48.4. The summed E-state index contributed by atoms with van der Waals surface area (Å²) in [4.78, 5) is 104. The second-order valence-corrected chi connectivity index (χ2v) is 19.6. The Morgan fingerprint density at radius 3 is 1.71 bits per heavy atom. The molecule has 18 heteroatoms. The Morgan fingerprint density at radius 1 is 0.683 bits per heavy atom. The highest BCUT2D eigenvalue weighted by Gasteiger charge is 2.66. The van der Waals surface area contributed by atoms with E-state index in [2.05, 4.69) is 5.32 Å². The summed E-state index contributed by atoms with van der Waals surface area (Å²) in [7, 11) is 0. The molecule has 0 saturated carbocycles. The Kier molecular flexibility index (Phi) is 13.1. The lowest BCUT2D eigenvalue weighted by Gasteiger charge is -2.48. The number of aliphatic carboxylic acids is 5. The average Bonchev–Trinajstić information content (AvgIpc) is 3.75. The summed E-state index contributed by atoms with van der Waals surface area (Å²) in [5.41, 5.74) is 9.44. The molecule has 9 atom stereocenters. The topological polar surface area (TPSA) is 322 Å². The van der Waals surface area contributed by atoms with Crippen LogP contribution in [-0.4, -0.2) is 95.9 Å². The molecule has 5 heterocycles. The summed E-state index contributed by atoms with van der Waals surface area (Å²) in [6.07, 6.45) is -0.470. The number of carbonyl (C=O) groups excluding carboxylic acids is 2. The van der Waals surface area contributed by atoms with E-state index in [4.69, 9.17) is 26.4 Å². The zero-order valence-electron chi connectivity index (χ0n) is 37.3. The number of carbonyl (C=O) groups is 7. The normalized spacial score (nSPS) is 33.0. The van der Waals surface area contributed by atoms with Crippen molar-refractivity contribution < 1.29 is 59.1 Å². The van der Waals surface area contributed by atoms with E-state index in [-0.39, 0.29) is 64.2 Å². The van der Waals surface area contributed by atoms with Gasteiger partial charge in [-0.3, -0.25) is 48.5 Å². The second-order valence-electron chi connectivity index (χ2n) is 19.6. The molecular formula is C45H62N6O12. The fraction of sp³-hybridized carbons (Fsp3) is 0.644. The van der Waals surface area contributed by atoms with Crippen LogP contribution in [0.1, 0.15) is 126 Å². The predicted octanol–water partition coefficient (Wildman–Crippen LogP) is 4.72. The number of amides is 2. The third kappa shape index (κ3) is 8.56. The number of rotatable bonds is 18. The third-order valence-electron chi connectivity index (χ3n) is 15.3. The van der Waals surface area contributed by atoms with E-state index in [9.17, 15) is 59.1 Å². The lowest BCUT2D eigenvalue weighted by Crippen LogP contribution is -2.55. The molecule has 18 nitrogen and oxygen atoms in total. The maximum atomic E-state index is 13.3. The molecule has 5 rings (SSSR count). The van der Waals surface area contributed by atoms with Crippen molar-refractivity contribution >= 4 is 58.8 Å². The summed E-state index contributed by atoms with van der Waals surface area (Å²) in [6.45, 7) is 14.4. The van der Waals surface area contributed by atoms with E-state index < -0.39 is 105 Å². The van der Waals surface area contributed by atoms with Crippen LogP contribution in [0, 0.1) is 45.3 Å². The van der Waals surface area contributed by atoms with Gasteiger partial charge in [0.15, 0.2) is 0 Å². The summed E-state index contributed by atoms with van der Waals surface area (Å²) in [6, 6.07) is -1.07. The van der Waals surface area contributed by atoms with Crippen molar-refractivity contribution in [3.63, 3.8) is 0 Å². The first-order chi connectivity index (χ1) is 29.0. The van der Waals surface area contributed by atoms with Crippen LogP contribution in [0.4, 0.5) is 0 Å². The molecule has 5 aliphatic heterocycles. The third-order valence-corrected chi connectivity index (χ3v) is 15.3. The molecule has 1 fully saturated rings. The van der Waals surface area contributed by atoms with Crippen LogP contribution in [0.15, 0.2) is 49.3 Å². The Morgan fingerprint density at radius 2 is 1.21 bits per heavy atom. The number of nitrogens with two attached hydrogens (primary N) is 2. The fourth-order valence-corrected chi connectivity index (χ4v) is 11.8. The maximum Gasteiger partial charge on any atom is 0.303 e. The molecular weight excluding hydrogens is 817 g/mol. The first-order valence-electron chi connectivity index (χ1n) is 21.4. The minimum absolute atomic E-state index is 0.0433. The van der Waals surface area contributed by atoms with Gasteiger partial charge in [0, 0.05) is 118 Å². The predicted molar refractivity (Wildman–Crippen MR) is 231 cm³/mol. The van der Waals surface area contributed by atoms with Crippen molar-refractivity contribution in [2.75, 3.05) is 0 Å². The molecule has 63 heavy (non-hydrogen) atoms. The van der Waals surface area contributed by atoms with Gasteiger partial charge in [-0.05, 0) is 63.7 Å². The van der Waals surface area contributed by atoms with E-state index in [0.717, 1.165) is 0 Å². The quantitative estimate of drug-likeness (QED) is 0.0925. The maximum absolute atomic E-state index is 13.3. The van der Waals surface area contributed by atoms with E-state index in [1.807, 2.05) is 13.8 Å². The van der Waals surface area contributed by atoms with Gasteiger partial charge in [-0.2, -0.15) is 0 Å². The van der Waals surface area contributed by atoms with Crippen molar-refractivity contribution in [2.24, 2.45) is 71.8 Å². The van der Waals surface area contributed by atoms with Gasteiger partial charge in [0.2, 0.25) is 11.8 Å². The average molecular weight is 879 g/mol. The standard InChI is InChI=1S/C45H62N6O12/c1-21-36-24(10-13-32(56)57)41(3,4)28(49-36)18-27-23(9-12-31(54)55)43(6,19-29(46)52)39(48-27)22(2)37-25(11-14-33(58)59)44(7,20-30(47)53)45(8,51-37)40-26(17-35(62)63)42(5,38(21)50-40)16-15-34(60)61/h18,23-26,40,48H,9-17,19-20H2,1-8H3,(H2,46,52)(H2,47,53)(H,54,55)(H,56,57)(H,58,59)(H,60,61)(H,62,63). The minimum Gasteiger partial charge on any atom is -0.481 e. The highest BCUT2D eigenvalue weighted by molar-refractivity contribution is 6.10. The molecule has 0 radical (unpaired) electrons. The van der Waals surface area contributed by atoms with Crippen LogP contribution in [0.25, 0.3) is 0 Å². The number of primary amides is 2. The van der Waals surface area contributed by atoms with Crippen molar-refractivity contribution in [3.8, 4) is 0 Å². The lowest BCUT2D eigenvalue weighted by atomic mass is 9.55. The van der Waals surface area contributed by atoms with Crippen molar-refractivity contribution in [1.29, 1.82) is 0 Å². The first-order valence-corrected chi connectivity index (χ1v) is 21.4. The van der Waals surface area contributed by atoms with Crippen LogP contribution >= 0.6 is 0 Å². The highest BCUT2D eigenvalue weighted by Crippen LogP contribution is 2.62. The molecule has 10 N–H and O–H groups in total.